The molecule has 2 aromatic rings. The van der Waals surface area contributed by atoms with E-state index in [1.807, 2.05) is 0 Å². The zero-order chi connectivity index (χ0) is 17.1. The van der Waals surface area contributed by atoms with Crippen molar-refractivity contribution in [1.29, 1.82) is 0 Å². The summed E-state index contributed by atoms with van der Waals surface area (Å²) >= 11 is 0. The lowest BCUT2D eigenvalue weighted by molar-refractivity contribution is -0.117. The van der Waals surface area contributed by atoms with Crippen molar-refractivity contribution in [3.63, 3.8) is 0 Å². The molecule has 0 saturated carbocycles. The first kappa shape index (κ1) is 16.1. The highest BCUT2D eigenvalue weighted by molar-refractivity contribution is 5.90. The summed E-state index contributed by atoms with van der Waals surface area (Å²) in [4.78, 5) is 24.4. The SMILES string of the molecule is COc1ccc(NC(=O)Cn2nc3n(c2=O)CCCC3)cc1OC. The number of carbonyl (C=O) groups is 1. The van der Waals surface area contributed by atoms with Crippen LogP contribution in [0, 0.1) is 0 Å². The minimum atomic E-state index is -0.320. The van der Waals surface area contributed by atoms with Crippen molar-refractivity contribution in [1.82, 2.24) is 14.3 Å². The Morgan fingerprint density at radius 1 is 1.25 bits per heavy atom. The van der Waals surface area contributed by atoms with Crippen molar-refractivity contribution in [2.75, 3.05) is 19.5 Å². The predicted octanol–water partition coefficient (Wildman–Crippen LogP) is 1.04. The Balaban J connectivity index is 1.72. The fourth-order valence-electron chi connectivity index (χ4n) is 2.80. The number of amides is 1. The Bertz CT molecular complexity index is 809. The highest BCUT2D eigenvalue weighted by Crippen LogP contribution is 2.29. The molecular weight excluding hydrogens is 312 g/mol. The second-order valence-electron chi connectivity index (χ2n) is 5.58. The molecule has 24 heavy (non-hydrogen) atoms. The van der Waals surface area contributed by atoms with Gasteiger partial charge in [0.15, 0.2) is 11.5 Å². The van der Waals surface area contributed by atoms with E-state index in [4.69, 9.17) is 9.47 Å². The molecule has 1 N–H and O–H groups in total. The molecule has 8 heteroatoms. The molecule has 0 fully saturated rings. The third-order valence-electron chi connectivity index (χ3n) is 3.99. The molecule has 8 nitrogen and oxygen atoms in total. The Morgan fingerprint density at radius 2 is 2.04 bits per heavy atom. The van der Waals surface area contributed by atoms with E-state index in [-0.39, 0.29) is 18.1 Å². The average molecular weight is 332 g/mol. The van der Waals surface area contributed by atoms with E-state index in [2.05, 4.69) is 10.4 Å². The van der Waals surface area contributed by atoms with Gasteiger partial charge in [0.1, 0.15) is 12.4 Å². The van der Waals surface area contributed by atoms with Crippen molar-refractivity contribution in [2.45, 2.75) is 32.4 Å². The summed E-state index contributed by atoms with van der Waals surface area (Å²) in [6.45, 7) is 0.554. The average Bonchev–Trinajstić information content (AvgIpc) is 2.91. The summed E-state index contributed by atoms with van der Waals surface area (Å²) in [6.07, 6.45) is 2.77. The van der Waals surface area contributed by atoms with Gasteiger partial charge in [-0.25, -0.2) is 9.48 Å². The zero-order valence-corrected chi connectivity index (χ0v) is 13.7. The summed E-state index contributed by atoms with van der Waals surface area (Å²) in [5, 5.41) is 7.00. The number of ether oxygens (including phenoxy) is 2. The summed E-state index contributed by atoms with van der Waals surface area (Å²) in [7, 11) is 3.07. The molecule has 1 aromatic heterocycles. The number of rotatable bonds is 5. The van der Waals surface area contributed by atoms with E-state index >= 15 is 0 Å². The number of nitrogens with zero attached hydrogens (tertiary/aromatic N) is 3. The molecule has 0 spiro atoms. The number of nitrogens with one attached hydrogen (secondary N) is 1. The smallest absolute Gasteiger partial charge is 0.346 e. The number of aromatic nitrogens is 3. The molecule has 1 aromatic carbocycles. The number of benzene rings is 1. The first-order valence-corrected chi connectivity index (χ1v) is 7.81. The lowest BCUT2D eigenvalue weighted by atomic mass is 10.2. The second kappa shape index (κ2) is 6.77. The maximum atomic E-state index is 12.2. The first-order chi connectivity index (χ1) is 11.6. The molecule has 0 aliphatic carbocycles. The zero-order valence-electron chi connectivity index (χ0n) is 13.7. The van der Waals surface area contributed by atoms with E-state index in [0.29, 0.717) is 23.7 Å². The molecule has 0 bridgehead atoms. The number of carbonyl (C=O) groups excluding carboxylic acids is 1. The first-order valence-electron chi connectivity index (χ1n) is 7.81. The van der Waals surface area contributed by atoms with Crippen LogP contribution in [0.4, 0.5) is 5.69 Å². The third kappa shape index (κ3) is 3.12. The fourth-order valence-corrected chi connectivity index (χ4v) is 2.80. The Hall–Kier alpha value is -2.77. The van der Waals surface area contributed by atoms with Crippen LogP contribution in [0.1, 0.15) is 18.7 Å². The van der Waals surface area contributed by atoms with Crippen molar-refractivity contribution >= 4 is 11.6 Å². The minimum Gasteiger partial charge on any atom is -0.493 e. The number of fused-ring (bicyclic) bond motifs is 1. The summed E-state index contributed by atoms with van der Waals surface area (Å²) in [6, 6.07) is 5.08. The van der Waals surface area contributed by atoms with E-state index in [1.54, 1.807) is 29.9 Å². The summed E-state index contributed by atoms with van der Waals surface area (Å²) in [5.41, 5.74) is 0.335. The molecule has 0 saturated heterocycles. The van der Waals surface area contributed by atoms with Crippen LogP contribution in [0.5, 0.6) is 11.5 Å². The van der Waals surface area contributed by atoms with Crippen molar-refractivity contribution in [3.05, 3.63) is 34.5 Å². The topological polar surface area (TPSA) is 87.4 Å². The Morgan fingerprint density at radius 3 is 2.75 bits per heavy atom. The molecule has 1 aliphatic rings. The number of anilines is 1. The number of aryl methyl sites for hydroxylation is 1. The highest BCUT2D eigenvalue weighted by Gasteiger charge is 2.18. The molecule has 0 radical (unpaired) electrons. The van der Waals surface area contributed by atoms with Crippen LogP contribution >= 0.6 is 0 Å². The maximum absolute atomic E-state index is 12.2. The molecule has 1 aliphatic heterocycles. The summed E-state index contributed by atoms with van der Waals surface area (Å²) in [5.74, 6) is 1.53. The van der Waals surface area contributed by atoms with Gasteiger partial charge in [0.05, 0.1) is 14.2 Å². The van der Waals surface area contributed by atoms with E-state index in [9.17, 15) is 9.59 Å². The normalized spacial score (nSPS) is 13.2. The second-order valence-corrected chi connectivity index (χ2v) is 5.58. The molecule has 128 valence electrons. The lowest BCUT2D eigenvalue weighted by Crippen LogP contribution is -2.30. The highest BCUT2D eigenvalue weighted by atomic mass is 16.5. The number of hydrogen-bond acceptors (Lipinski definition) is 5. The maximum Gasteiger partial charge on any atom is 0.346 e. The van der Waals surface area contributed by atoms with Crippen LogP contribution in [0.3, 0.4) is 0 Å². The van der Waals surface area contributed by atoms with Gasteiger partial charge in [-0.2, -0.15) is 5.10 Å². The monoisotopic (exact) mass is 332 g/mol. The van der Waals surface area contributed by atoms with Gasteiger partial charge >= 0.3 is 5.69 Å². The predicted molar refractivity (Wildman–Crippen MR) is 87.6 cm³/mol. The quantitative estimate of drug-likeness (QED) is 0.884. The molecular formula is C16H20N4O4. The van der Waals surface area contributed by atoms with Gasteiger partial charge in [-0.3, -0.25) is 9.36 Å². The van der Waals surface area contributed by atoms with Gasteiger partial charge in [-0.1, -0.05) is 0 Å². The Labute approximate surface area is 139 Å². The van der Waals surface area contributed by atoms with Crippen LogP contribution in [0.25, 0.3) is 0 Å². The standard InChI is InChI=1S/C16H20N4O4/c1-23-12-7-6-11(9-13(12)24-2)17-15(21)10-20-16(22)19-8-4-3-5-14(19)18-20/h6-7,9H,3-5,8,10H2,1-2H3,(H,17,21). The van der Waals surface area contributed by atoms with Gasteiger partial charge in [-0.05, 0) is 25.0 Å². The Kier molecular flexibility index (Phi) is 4.54. The number of hydrogen-bond donors (Lipinski definition) is 1. The van der Waals surface area contributed by atoms with E-state index in [1.165, 1.54) is 11.8 Å². The number of methoxy groups -OCH3 is 2. The third-order valence-corrected chi connectivity index (χ3v) is 3.99. The van der Waals surface area contributed by atoms with E-state index < -0.39 is 0 Å². The van der Waals surface area contributed by atoms with Gasteiger partial charge in [0.25, 0.3) is 0 Å². The molecule has 1 amide bonds. The van der Waals surface area contributed by atoms with Crippen LogP contribution in [0.2, 0.25) is 0 Å². The van der Waals surface area contributed by atoms with Crippen molar-refractivity contribution in [3.8, 4) is 11.5 Å². The van der Waals surface area contributed by atoms with Crippen LogP contribution in [0.15, 0.2) is 23.0 Å². The van der Waals surface area contributed by atoms with Crippen LogP contribution < -0.4 is 20.5 Å². The van der Waals surface area contributed by atoms with Gasteiger partial charge in [0, 0.05) is 24.7 Å². The minimum absolute atomic E-state index is 0.118. The van der Waals surface area contributed by atoms with Crippen molar-refractivity contribution in [2.24, 2.45) is 0 Å². The summed E-state index contributed by atoms with van der Waals surface area (Å²) < 4.78 is 13.2. The molecule has 0 unspecified atom stereocenters. The molecule has 0 atom stereocenters. The van der Waals surface area contributed by atoms with Crippen LogP contribution in [-0.4, -0.2) is 34.5 Å². The van der Waals surface area contributed by atoms with Gasteiger partial charge in [0.2, 0.25) is 5.91 Å². The van der Waals surface area contributed by atoms with E-state index in [0.717, 1.165) is 25.1 Å². The lowest BCUT2D eigenvalue weighted by Gasteiger charge is -2.10. The molecule has 3 rings (SSSR count). The van der Waals surface area contributed by atoms with Gasteiger partial charge < -0.3 is 14.8 Å². The fraction of sp³-hybridized carbons (Fsp3) is 0.438. The van der Waals surface area contributed by atoms with Crippen LogP contribution in [-0.2, 0) is 24.3 Å². The molecule has 2 heterocycles. The van der Waals surface area contributed by atoms with Crippen molar-refractivity contribution < 1.29 is 14.3 Å². The largest absolute Gasteiger partial charge is 0.493 e. The van der Waals surface area contributed by atoms with Gasteiger partial charge in [-0.15, -0.1) is 0 Å².